The number of ketones is 1. The first-order valence-electron chi connectivity index (χ1n) is 6.45. The number of nitrogens with zero attached hydrogens (tertiary/aromatic N) is 2. The number of hydrogen-bond acceptors (Lipinski definition) is 4. The lowest BCUT2D eigenvalue weighted by Crippen LogP contribution is -1.98. The summed E-state index contributed by atoms with van der Waals surface area (Å²) in [7, 11) is 0. The molecule has 2 heterocycles. The minimum Gasteiger partial charge on any atom is -0.506 e. The molecule has 0 saturated heterocycles. The highest BCUT2D eigenvalue weighted by Gasteiger charge is 2.07. The molecule has 0 amide bonds. The summed E-state index contributed by atoms with van der Waals surface area (Å²) in [4.78, 5) is 20.3. The van der Waals surface area contributed by atoms with Crippen LogP contribution in [0.25, 0.3) is 17.0 Å². The summed E-state index contributed by atoms with van der Waals surface area (Å²) < 4.78 is 0. The molecule has 0 unspecified atom stereocenters. The van der Waals surface area contributed by atoms with Gasteiger partial charge in [0.05, 0.1) is 0 Å². The Morgan fingerprint density at radius 3 is 2.81 bits per heavy atom. The summed E-state index contributed by atoms with van der Waals surface area (Å²) >= 11 is 0. The van der Waals surface area contributed by atoms with Gasteiger partial charge in [0.15, 0.2) is 0 Å². The molecule has 0 saturated carbocycles. The first kappa shape index (κ1) is 13.0. The highest BCUT2D eigenvalue weighted by molar-refractivity contribution is 6.06. The van der Waals surface area contributed by atoms with Gasteiger partial charge in [-0.2, -0.15) is 0 Å². The summed E-state index contributed by atoms with van der Waals surface area (Å²) in [6, 6.07) is 12.2. The SMILES string of the molecule is O=C(C=Cc1cccnc1)c1ccc2cccc(O)c2n1. The van der Waals surface area contributed by atoms with Crippen molar-refractivity contribution in [3.8, 4) is 5.75 Å². The summed E-state index contributed by atoms with van der Waals surface area (Å²) in [5.74, 6) is -0.151. The second kappa shape index (κ2) is 5.54. The van der Waals surface area contributed by atoms with Crippen LogP contribution in [0.3, 0.4) is 0 Å². The first-order valence-corrected chi connectivity index (χ1v) is 6.45. The van der Waals surface area contributed by atoms with Crippen molar-refractivity contribution < 1.29 is 9.90 Å². The molecule has 1 N–H and O–H groups in total. The van der Waals surface area contributed by atoms with Crippen LogP contribution in [0.2, 0.25) is 0 Å². The number of phenols is 1. The van der Waals surface area contributed by atoms with Crippen molar-refractivity contribution in [3.05, 3.63) is 72.2 Å². The van der Waals surface area contributed by atoms with Crippen LogP contribution in [0.5, 0.6) is 5.75 Å². The Morgan fingerprint density at radius 1 is 1.10 bits per heavy atom. The van der Waals surface area contributed by atoms with Gasteiger partial charge in [0, 0.05) is 17.8 Å². The minimum atomic E-state index is -0.219. The Labute approximate surface area is 121 Å². The predicted octanol–water partition coefficient (Wildman–Crippen LogP) is 3.23. The third-order valence-electron chi connectivity index (χ3n) is 3.06. The second-order valence-corrected chi connectivity index (χ2v) is 4.53. The fourth-order valence-corrected chi connectivity index (χ4v) is 2.00. The Bertz CT molecular complexity index is 827. The van der Waals surface area contributed by atoms with E-state index in [9.17, 15) is 9.90 Å². The number of benzene rings is 1. The Morgan fingerprint density at radius 2 is 2.00 bits per heavy atom. The van der Waals surface area contributed by atoms with Gasteiger partial charge in [0.1, 0.15) is 17.0 Å². The topological polar surface area (TPSA) is 63.1 Å². The largest absolute Gasteiger partial charge is 0.506 e. The average molecular weight is 276 g/mol. The molecular weight excluding hydrogens is 264 g/mol. The molecule has 1 aromatic carbocycles. The molecule has 0 bridgehead atoms. The number of phenolic OH excluding ortho intramolecular Hbond substituents is 1. The van der Waals surface area contributed by atoms with Crippen molar-refractivity contribution in [2.75, 3.05) is 0 Å². The van der Waals surface area contributed by atoms with Crippen LogP contribution >= 0.6 is 0 Å². The Hall–Kier alpha value is -3.01. The van der Waals surface area contributed by atoms with E-state index < -0.39 is 0 Å². The van der Waals surface area contributed by atoms with Crippen LogP contribution in [0, 0.1) is 0 Å². The lowest BCUT2D eigenvalue weighted by Gasteiger charge is -2.01. The molecule has 0 aliphatic carbocycles. The summed E-state index contributed by atoms with van der Waals surface area (Å²) in [6.07, 6.45) is 6.48. The van der Waals surface area contributed by atoms with Gasteiger partial charge in [0.2, 0.25) is 5.78 Å². The number of aromatic nitrogens is 2. The molecule has 102 valence electrons. The number of aromatic hydroxyl groups is 1. The second-order valence-electron chi connectivity index (χ2n) is 4.53. The first-order chi connectivity index (χ1) is 10.2. The molecule has 0 spiro atoms. The number of pyridine rings is 2. The van der Waals surface area contributed by atoms with E-state index in [2.05, 4.69) is 9.97 Å². The van der Waals surface area contributed by atoms with Crippen molar-refractivity contribution in [3.63, 3.8) is 0 Å². The zero-order valence-corrected chi connectivity index (χ0v) is 11.1. The fourth-order valence-electron chi connectivity index (χ4n) is 2.00. The molecule has 4 nitrogen and oxygen atoms in total. The van der Waals surface area contributed by atoms with E-state index in [0.717, 1.165) is 10.9 Å². The van der Waals surface area contributed by atoms with E-state index in [1.165, 1.54) is 6.08 Å². The quantitative estimate of drug-likeness (QED) is 0.589. The van der Waals surface area contributed by atoms with Crippen molar-refractivity contribution in [2.45, 2.75) is 0 Å². The third kappa shape index (κ3) is 2.79. The van der Waals surface area contributed by atoms with Crippen molar-refractivity contribution in [2.24, 2.45) is 0 Å². The minimum absolute atomic E-state index is 0.0680. The van der Waals surface area contributed by atoms with Gasteiger partial charge in [-0.05, 0) is 35.9 Å². The van der Waals surface area contributed by atoms with Crippen LogP contribution in [-0.4, -0.2) is 20.9 Å². The Balaban J connectivity index is 1.91. The summed E-state index contributed by atoms with van der Waals surface area (Å²) in [5, 5.41) is 10.6. The molecule has 4 heteroatoms. The summed E-state index contributed by atoms with van der Waals surface area (Å²) in [5.41, 5.74) is 1.57. The van der Waals surface area contributed by atoms with Crippen molar-refractivity contribution in [1.82, 2.24) is 9.97 Å². The van der Waals surface area contributed by atoms with Gasteiger partial charge in [-0.25, -0.2) is 4.98 Å². The van der Waals surface area contributed by atoms with Crippen LogP contribution in [-0.2, 0) is 0 Å². The molecule has 0 aliphatic heterocycles. The number of hydrogen-bond donors (Lipinski definition) is 1. The van der Waals surface area contributed by atoms with E-state index in [4.69, 9.17) is 0 Å². The van der Waals surface area contributed by atoms with Gasteiger partial charge in [0.25, 0.3) is 0 Å². The summed E-state index contributed by atoms with van der Waals surface area (Å²) in [6.45, 7) is 0. The maximum absolute atomic E-state index is 12.1. The molecule has 21 heavy (non-hydrogen) atoms. The fraction of sp³-hybridized carbons (Fsp3) is 0. The van der Waals surface area contributed by atoms with Crippen LogP contribution < -0.4 is 0 Å². The smallest absolute Gasteiger partial charge is 0.204 e. The molecule has 0 fully saturated rings. The number of rotatable bonds is 3. The van der Waals surface area contributed by atoms with E-state index in [1.807, 2.05) is 12.1 Å². The molecule has 0 radical (unpaired) electrons. The van der Waals surface area contributed by atoms with Gasteiger partial charge >= 0.3 is 0 Å². The third-order valence-corrected chi connectivity index (χ3v) is 3.06. The van der Waals surface area contributed by atoms with E-state index in [-0.39, 0.29) is 11.5 Å². The molecule has 3 rings (SSSR count). The number of carbonyl (C=O) groups is 1. The highest BCUT2D eigenvalue weighted by atomic mass is 16.3. The zero-order valence-electron chi connectivity index (χ0n) is 11.1. The lowest BCUT2D eigenvalue weighted by molar-refractivity contribution is 0.104. The van der Waals surface area contributed by atoms with Gasteiger partial charge in [-0.1, -0.05) is 24.3 Å². The van der Waals surface area contributed by atoms with E-state index in [0.29, 0.717) is 11.2 Å². The van der Waals surface area contributed by atoms with Gasteiger partial charge in [-0.3, -0.25) is 9.78 Å². The number of carbonyl (C=O) groups excluding carboxylic acids is 1. The number of fused-ring (bicyclic) bond motifs is 1. The predicted molar refractivity (Wildman–Crippen MR) is 81.0 cm³/mol. The van der Waals surface area contributed by atoms with Crippen molar-refractivity contribution >= 4 is 22.8 Å². The molecule has 0 atom stereocenters. The number of para-hydroxylation sites is 1. The maximum Gasteiger partial charge on any atom is 0.204 e. The molecule has 0 aliphatic rings. The van der Waals surface area contributed by atoms with Crippen LogP contribution in [0.4, 0.5) is 0 Å². The van der Waals surface area contributed by atoms with Gasteiger partial charge in [-0.15, -0.1) is 0 Å². The van der Waals surface area contributed by atoms with Crippen LogP contribution in [0.1, 0.15) is 16.1 Å². The maximum atomic E-state index is 12.1. The van der Waals surface area contributed by atoms with E-state index in [1.54, 1.807) is 48.8 Å². The normalized spacial score (nSPS) is 11.0. The molecule has 2 aromatic heterocycles. The Kier molecular flexibility index (Phi) is 3.43. The number of allylic oxidation sites excluding steroid dienone is 1. The molecular formula is C17H12N2O2. The van der Waals surface area contributed by atoms with Crippen LogP contribution in [0.15, 0.2) is 60.9 Å². The standard InChI is InChI=1S/C17H12N2O2/c20-15(9-6-12-3-2-10-18-11-12)14-8-7-13-4-1-5-16(21)17(13)19-14/h1-11,21H. The molecule has 3 aromatic rings. The van der Waals surface area contributed by atoms with Crippen molar-refractivity contribution in [1.29, 1.82) is 0 Å². The monoisotopic (exact) mass is 276 g/mol. The zero-order chi connectivity index (χ0) is 14.7. The van der Waals surface area contributed by atoms with E-state index >= 15 is 0 Å². The average Bonchev–Trinajstić information content (AvgIpc) is 2.54. The van der Waals surface area contributed by atoms with Gasteiger partial charge < -0.3 is 5.11 Å². The lowest BCUT2D eigenvalue weighted by atomic mass is 10.1. The highest BCUT2D eigenvalue weighted by Crippen LogP contribution is 2.22.